The van der Waals surface area contributed by atoms with Crippen molar-refractivity contribution in [3.8, 4) is 5.75 Å². The van der Waals surface area contributed by atoms with Gasteiger partial charge in [-0.3, -0.25) is 9.69 Å². The van der Waals surface area contributed by atoms with E-state index >= 15 is 0 Å². The Morgan fingerprint density at radius 3 is 2.55 bits per heavy atom. The van der Waals surface area contributed by atoms with Crippen molar-refractivity contribution in [2.75, 3.05) is 37.7 Å². The summed E-state index contributed by atoms with van der Waals surface area (Å²) in [5.41, 5.74) is 4.01. The summed E-state index contributed by atoms with van der Waals surface area (Å²) in [4.78, 5) is 22.8. The quantitative estimate of drug-likeness (QED) is 0.286. The third-order valence-corrected chi connectivity index (χ3v) is 7.23. The number of thiazole rings is 1. The van der Waals surface area contributed by atoms with Crippen molar-refractivity contribution in [1.29, 1.82) is 0 Å². The van der Waals surface area contributed by atoms with Gasteiger partial charge in [-0.05, 0) is 68.8 Å². The van der Waals surface area contributed by atoms with Gasteiger partial charge in [-0.1, -0.05) is 57.1 Å². The summed E-state index contributed by atoms with van der Waals surface area (Å²) in [5, 5.41) is 0.755. The van der Waals surface area contributed by atoms with Gasteiger partial charge in [-0.25, -0.2) is 4.98 Å². The molecule has 6 heteroatoms. The number of aromatic nitrogens is 1. The van der Waals surface area contributed by atoms with Gasteiger partial charge in [0, 0.05) is 18.7 Å². The van der Waals surface area contributed by atoms with Crippen molar-refractivity contribution in [1.82, 2.24) is 9.88 Å². The van der Waals surface area contributed by atoms with Gasteiger partial charge >= 0.3 is 0 Å². The number of carbonyl (C=O) groups excluding carboxylic acids is 1. The van der Waals surface area contributed by atoms with Crippen molar-refractivity contribution in [2.24, 2.45) is 0 Å². The van der Waals surface area contributed by atoms with Crippen LogP contribution in [0.25, 0.3) is 10.2 Å². The van der Waals surface area contributed by atoms with E-state index in [0.717, 1.165) is 60.0 Å². The number of benzene rings is 2. The second-order valence-electron chi connectivity index (χ2n) is 8.42. The molecule has 0 saturated heterocycles. The van der Waals surface area contributed by atoms with Gasteiger partial charge < -0.3 is 9.64 Å². The van der Waals surface area contributed by atoms with E-state index in [9.17, 15) is 4.79 Å². The lowest BCUT2D eigenvalue weighted by atomic mass is 10.1. The van der Waals surface area contributed by atoms with E-state index in [0.29, 0.717) is 18.7 Å². The molecule has 5 nitrogen and oxygen atoms in total. The molecule has 178 valence electrons. The third kappa shape index (κ3) is 6.33. The van der Waals surface area contributed by atoms with E-state index < -0.39 is 0 Å². The van der Waals surface area contributed by atoms with E-state index in [-0.39, 0.29) is 5.91 Å². The zero-order valence-corrected chi connectivity index (χ0v) is 21.5. The van der Waals surface area contributed by atoms with Crippen LogP contribution in [0.15, 0.2) is 36.4 Å². The smallest absolute Gasteiger partial charge is 0.260 e. The average molecular weight is 468 g/mol. The summed E-state index contributed by atoms with van der Waals surface area (Å²) in [6.07, 6.45) is 3.33. The van der Waals surface area contributed by atoms with Crippen LogP contribution < -0.4 is 9.64 Å². The summed E-state index contributed by atoms with van der Waals surface area (Å²) in [5.74, 6) is 0.714. The predicted molar refractivity (Wildman–Crippen MR) is 140 cm³/mol. The molecule has 0 saturated carbocycles. The molecule has 0 radical (unpaired) electrons. The maximum absolute atomic E-state index is 13.7. The van der Waals surface area contributed by atoms with Crippen LogP contribution in [-0.4, -0.2) is 48.6 Å². The summed E-state index contributed by atoms with van der Waals surface area (Å²) in [6.45, 7) is 14.7. The van der Waals surface area contributed by atoms with E-state index in [1.807, 2.05) is 29.2 Å². The van der Waals surface area contributed by atoms with Gasteiger partial charge in [0.1, 0.15) is 5.75 Å². The molecule has 0 bridgehead atoms. The SMILES string of the molecule is CCCCCOc1cccc(C(=O)N(CCN(CC)CC)c2nc3c(C)c(C)ccc3s2)c1. The monoisotopic (exact) mass is 467 g/mol. The van der Waals surface area contributed by atoms with Crippen LogP contribution in [-0.2, 0) is 0 Å². The van der Waals surface area contributed by atoms with Crippen LogP contribution in [0.3, 0.4) is 0 Å². The summed E-state index contributed by atoms with van der Waals surface area (Å²) >= 11 is 1.59. The highest BCUT2D eigenvalue weighted by Crippen LogP contribution is 2.33. The Labute approximate surface area is 202 Å². The van der Waals surface area contributed by atoms with Crippen LogP contribution in [0.4, 0.5) is 5.13 Å². The van der Waals surface area contributed by atoms with E-state index in [4.69, 9.17) is 9.72 Å². The number of amides is 1. The minimum atomic E-state index is -0.0328. The number of aryl methyl sites for hydroxylation is 2. The first-order valence-electron chi connectivity index (χ1n) is 12.1. The molecule has 0 fully saturated rings. The van der Waals surface area contributed by atoms with Gasteiger partial charge in [-0.2, -0.15) is 0 Å². The number of ether oxygens (including phenoxy) is 1. The number of hydrogen-bond donors (Lipinski definition) is 0. The molecule has 0 aliphatic heterocycles. The molecule has 1 heterocycles. The number of likely N-dealkylation sites (N-methyl/N-ethyl adjacent to an activating group) is 1. The Hall–Kier alpha value is -2.44. The normalized spacial score (nSPS) is 11.3. The number of fused-ring (bicyclic) bond motifs is 1. The highest BCUT2D eigenvalue weighted by Gasteiger charge is 2.23. The van der Waals surface area contributed by atoms with Crippen molar-refractivity contribution >= 4 is 32.6 Å². The van der Waals surface area contributed by atoms with E-state index in [2.05, 4.69) is 51.7 Å². The molecule has 0 N–H and O–H groups in total. The molecule has 0 aliphatic rings. The Morgan fingerprint density at radius 2 is 1.82 bits per heavy atom. The molecule has 2 aromatic carbocycles. The molecular weight excluding hydrogens is 430 g/mol. The molecule has 0 aliphatic carbocycles. The Bertz CT molecular complexity index is 1060. The molecule has 0 atom stereocenters. The molecule has 0 unspecified atom stereocenters. The zero-order chi connectivity index (χ0) is 23.8. The van der Waals surface area contributed by atoms with Gasteiger partial charge in [0.2, 0.25) is 0 Å². The first-order chi connectivity index (χ1) is 16.0. The molecule has 3 aromatic rings. The molecule has 33 heavy (non-hydrogen) atoms. The fourth-order valence-corrected chi connectivity index (χ4v) is 4.86. The minimum Gasteiger partial charge on any atom is -0.494 e. The Morgan fingerprint density at radius 1 is 1.03 bits per heavy atom. The number of nitrogens with zero attached hydrogens (tertiary/aromatic N) is 3. The zero-order valence-electron chi connectivity index (χ0n) is 20.7. The van der Waals surface area contributed by atoms with Crippen LogP contribution in [0.5, 0.6) is 5.75 Å². The second-order valence-corrected chi connectivity index (χ2v) is 9.43. The molecule has 1 aromatic heterocycles. The summed E-state index contributed by atoms with van der Waals surface area (Å²) < 4.78 is 7.02. The number of carbonyl (C=O) groups is 1. The Balaban J connectivity index is 1.89. The lowest BCUT2D eigenvalue weighted by molar-refractivity contribution is 0.0983. The van der Waals surface area contributed by atoms with Gasteiger partial charge in [0.05, 0.1) is 16.8 Å². The van der Waals surface area contributed by atoms with Gasteiger partial charge in [0.25, 0.3) is 5.91 Å². The van der Waals surface area contributed by atoms with Crippen molar-refractivity contribution in [3.63, 3.8) is 0 Å². The predicted octanol–water partition coefficient (Wildman–Crippen LogP) is 6.47. The topological polar surface area (TPSA) is 45.7 Å². The van der Waals surface area contributed by atoms with Crippen LogP contribution >= 0.6 is 11.3 Å². The fourth-order valence-electron chi connectivity index (χ4n) is 3.81. The largest absolute Gasteiger partial charge is 0.494 e. The lowest BCUT2D eigenvalue weighted by Gasteiger charge is -2.25. The standard InChI is InChI=1S/C27H37N3O2S/c1-6-9-10-18-32-23-13-11-12-22(19-23)26(31)30(17-16-29(7-2)8-3)27-28-25-21(5)20(4)14-15-24(25)33-27/h11-15,19H,6-10,16-18H2,1-5H3. The molecule has 0 spiro atoms. The molecule has 3 rings (SSSR count). The van der Waals surface area contributed by atoms with Crippen LogP contribution in [0, 0.1) is 13.8 Å². The third-order valence-electron chi connectivity index (χ3n) is 6.18. The number of hydrogen-bond acceptors (Lipinski definition) is 5. The summed E-state index contributed by atoms with van der Waals surface area (Å²) in [6, 6.07) is 11.8. The summed E-state index contributed by atoms with van der Waals surface area (Å²) in [7, 11) is 0. The maximum atomic E-state index is 13.7. The highest BCUT2D eigenvalue weighted by atomic mass is 32.1. The van der Waals surface area contributed by atoms with E-state index in [1.165, 1.54) is 11.1 Å². The molecular formula is C27H37N3O2S. The number of anilines is 1. The number of rotatable bonds is 12. The fraction of sp³-hybridized carbons (Fsp3) is 0.481. The van der Waals surface area contributed by atoms with Gasteiger partial charge in [-0.15, -0.1) is 0 Å². The number of unbranched alkanes of at least 4 members (excludes halogenated alkanes) is 2. The molecule has 1 amide bonds. The average Bonchev–Trinajstić information content (AvgIpc) is 3.27. The minimum absolute atomic E-state index is 0.0328. The van der Waals surface area contributed by atoms with Crippen molar-refractivity contribution in [3.05, 3.63) is 53.1 Å². The first kappa shape index (κ1) is 25.2. The lowest BCUT2D eigenvalue weighted by Crippen LogP contribution is -2.38. The maximum Gasteiger partial charge on any atom is 0.260 e. The van der Waals surface area contributed by atoms with E-state index in [1.54, 1.807) is 11.3 Å². The van der Waals surface area contributed by atoms with Crippen LogP contribution in [0.1, 0.15) is 61.5 Å². The first-order valence-corrected chi connectivity index (χ1v) is 12.9. The Kier molecular flexibility index (Phi) is 9.27. The second kappa shape index (κ2) is 12.1. The highest BCUT2D eigenvalue weighted by molar-refractivity contribution is 7.22. The van der Waals surface area contributed by atoms with Crippen molar-refractivity contribution in [2.45, 2.75) is 53.9 Å². The van der Waals surface area contributed by atoms with Gasteiger partial charge in [0.15, 0.2) is 5.13 Å². The van der Waals surface area contributed by atoms with Crippen molar-refractivity contribution < 1.29 is 9.53 Å². The van der Waals surface area contributed by atoms with Crippen LogP contribution in [0.2, 0.25) is 0 Å².